The first-order valence-electron chi connectivity index (χ1n) is 6.39. The number of hydrogen-bond acceptors (Lipinski definition) is 1. The van der Waals surface area contributed by atoms with Crippen LogP contribution >= 0.6 is 11.6 Å². The molecule has 5 heteroatoms. The summed E-state index contributed by atoms with van der Waals surface area (Å²) in [5.41, 5.74) is 2.17. The van der Waals surface area contributed by atoms with Crippen LogP contribution in [-0.2, 0) is 0 Å². The second-order valence-electron chi connectivity index (χ2n) is 4.83. The smallest absolute Gasteiger partial charge is 0.272 e. The fraction of sp³-hybridized carbons (Fsp3) is 0.0625. The monoisotopic (exact) mass is 302 g/mol. The molecule has 2 aromatic carbocycles. The highest BCUT2D eigenvalue weighted by atomic mass is 35.5. The fourth-order valence-electron chi connectivity index (χ4n) is 2.09. The number of aromatic nitrogens is 1. The highest BCUT2D eigenvalue weighted by Crippen LogP contribution is 2.21. The fourth-order valence-corrected chi connectivity index (χ4v) is 2.28. The molecule has 0 aliphatic heterocycles. The zero-order valence-corrected chi connectivity index (χ0v) is 12.0. The molecular formula is C16H12ClFN2O. The number of anilines is 1. The Morgan fingerprint density at radius 2 is 2.00 bits per heavy atom. The van der Waals surface area contributed by atoms with Crippen molar-refractivity contribution in [3.8, 4) is 0 Å². The first kappa shape index (κ1) is 13.6. The Hall–Kier alpha value is -2.33. The Balaban J connectivity index is 1.87. The number of halogens is 2. The van der Waals surface area contributed by atoms with Gasteiger partial charge in [0.2, 0.25) is 0 Å². The lowest BCUT2D eigenvalue weighted by Crippen LogP contribution is -2.12. The third-order valence-electron chi connectivity index (χ3n) is 3.26. The number of carbonyl (C=O) groups excluding carboxylic acids is 1. The van der Waals surface area contributed by atoms with E-state index in [0.29, 0.717) is 22.0 Å². The third kappa shape index (κ3) is 2.76. The molecule has 0 saturated heterocycles. The number of carbonyl (C=O) groups is 1. The van der Waals surface area contributed by atoms with E-state index in [4.69, 9.17) is 11.6 Å². The van der Waals surface area contributed by atoms with Crippen molar-refractivity contribution in [2.24, 2.45) is 0 Å². The second kappa shape index (κ2) is 5.22. The highest BCUT2D eigenvalue weighted by molar-refractivity contribution is 6.31. The van der Waals surface area contributed by atoms with Crippen LogP contribution < -0.4 is 5.32 Å². The van der Waals surface area contributed by atoms with E-state index in [1.807, 2.05) is 0 Å². The van der Waals surface area contributed by atoms with Crippen molar-refractivity contribution < 1.29 is 9.18 Å². The summed E-state index contributed by atoms with van der Waals surface area (Å²) >= 11 is 5.91. The number of hydrogen-bond donors (Lipinski definition) is 2. The first-order chi connectivity index (χ1) is 10.0. The van der Waals surface area contributed by atoms with E-state index in [-0.39, 0.29) is 11.7 Å². The van der Waals surface area contributed by atoms with E-state index in [2.05, 4.69) is 10.3 Å². The Kier molecular flexibility index (Phi) is 3.39. The van der Waals surface area contributed by atoms with Gasteiger partial charge in [-0.05, 0) is 48.9 Å². The third-order valence-corrected chi connectivity index (χ3v) is 3.49. The van der Waals surface area contributed by atoms with Crippen LogP contribution in [-0.4, -0.2) is 10.9 Å². The van der Waals surface area contributed by atoms with E-state index >= 15 is 0 Å². The molecule has 0 aliphatic rings. The molecule has 3 aromatic rings. The molecule has 0 atom stereocenters. The van der Waals surface area contributed by atoms with Gasteiger partial charge in [-0.2, -0.15) is 0 Å². The van der Waals surface area contributed by atoms with Crippen molar-refractivity contribution >= 4 is 34.1 Å². The van der Waals surface area contributed by atoms with Gasteiger partial charge in [-0.25, -0.2) is 4.39 Å². The maximum atomic E-state index is 13.5. The second-order valence-corrected chi connectivity index (χ2v) is 5.27. The molecule has 2 N–H and O–H groups in total. The number of nitrogens with one attached hydrogen (secondary N) is 2. The number of fused-ring (bicyclic) bond motifs is 1. The number of aromatic amines is 1. The summed E-state index contributed by atoms with van der Waals surface area (Å²) in [4.78, 5) is 15.2. The molecule has 0 bridgehead atoms. The molecule has 21 heavy (non-hydrogen) atoms. The molecule has 0 saturated carbocycles. The van der Waals surface area contributed by atoms with Gasteiger partial charge in [0.25, 0.3) is 5.91 Å². The number of benzene rings is 2. The number of rotatable bonds is 2. The van der Waals surface area contributed by atoms with Crippen LogP contribution in [0, 0.1) is 12.7 Å². The van der Waals surface area contributed by atoms with Gasteiger partial charge in [0.15, 0.2) is 0 Å². The van der Waals surface area contributed by atoms with Gasteiger partial charge < -0.3 is 10.3 Å². The van der Waals surface area contributed by atoms with Crippen molar-refractivity contribution in [3.63, 3.8) is 0 Å². The van der Waals surface area contributed by atoms with Crippen molar-refractivity contribution in [3.05, 3.63) is 64.6 Å². The van der Waals surface area contributed by atoms with Gasteiger partial charge in [0, 0.05) is 21.6 Å². The standard InChI is InChI=1S/C16H12ClFN2O/c1-9-2-4-12(8-13(9)18)19-16(21)15-7-10-6-11(17)3-5-14(10)20-15/h2-8,20H,1H3,(H,19,21). The van der Waals surface area contributed by atoms with Crippen LogP contribution in [0.1, 0.15) is 16.1 Å². The minimum atomic E-state index is -0.351. The topological polar surface area (TPSA) is 44.9 Å². The summed E-state index contributed by atoms with van der Waals surface area (Å²) < 4.78 is 13.5. The molecule has 3 rings (SSSR count). The Bertz CT molecular complexity index is 841. The SMILES string of the molecule is Cc1ccc(NC(=O)c2cc3cc(Cl)ccc3[nH]2)cc1F. The highest BCUT2D eigenvalue weighted by Gasteiger charge is 2.11. The quantitative estimate of drug-likeness (QED) is 0.718. The summed E-state index contributed by atoms with van der Waals surface area (Å²) in [6.45, 7) is 1.67. The molecule has 1 heterocycles. The zero-order chi connectivity index (χ0) is 15.0. The number of H-pyrrole nitrogens is 1. The molecule has 0 unspecified atom stereocenters. The van der Waals surface area contributed by atoms with Crippen LogP contribution in [0.4, 0.5) is 10.1 Å². The first-order valence-corrected chi connectivity index (χ1v) is 6.76. The van der Waals surface area contributed by atoms with Gasteiger partial charge >= 0.3 is 0 Å². The van der Waals surface area contributed by atoms with Gasteiger partial charge in [-0.1, -0.05) is 17.7 Å². The lowest BCUT2D eigenvalue weighted by Gasteiger charge is -2.04. The summed E-state index contributed by atoms with van der Waals surface area (Å²) in [5.74, 6) is -0.679. The van der Waals surface area contributed by atoms with Crippen LogP contribution in [0.25, 0.3) is 10.9 Å². The number of aryl methyl sites for hydroxylation is 1. The molecule has 1 aromatic heterocycles. The molecule has 0 spiro atoms. The maximum Gasteiger partial charge on any atom is 0.272 e. The van der Waals surface area contributed by atoms with Crippen LogP contribution in [0.2, 0.25) is 5.02 Å². The lowest BCUT2D eigenvalue weighted by atomic mass is 10.2. The van der Waals surface area contributed by atoms with Crippen molar-refractivity contribution in [2.75, 3.05) is 5.32 Å². The average Bonchev–Trinajstić information content (AvgIpc) is 2.86. The van der Waals surface area contributed by atoms with E-state index in [1.165, 1.54) is 6.07 Å². The van der Waals surface area contributed by atoms with Crippen molar-refractivity contribution in [1.29, 1.82) is 0 Å². The van der Waals surface area contributed by atoms with Gasteiger partial charge in [-0.15, -0.1) is 0 Å². The summed E-state index contributed by atoms with van der Waals surface area (Å²) in [5, 5.41) is 4.11. The summed E-state index contributed by atoms with van der Waals surface area (Å²) in [6, 6.07) is 11.6. The van der Waals surface area contributed by atoms with Crippen molar-refractivity contribution in [2.45, 2.75) is 6.92 Å². The summed E-state index contributed by atoms with van der Waals surface area (Å²) in [6.07, 6.45) is 0. The molecular weight excluding hydrogens is 291 g/mol. The van der Waals surface area contributed by atoms with Gasteiger partial charge in [0.1, 0.15) is 11.5 Å². The predicted molar refractivity (Wildman–Crippen MR) is 82.4 cm³/mol. The molecule has 106 valence electrons. The largest absolute Gasteiger partial charge is 0.351 e. The van der Waals surface area contributed by atoms with E-state index in [9.17, 15) is 9.18 Å². The zero-order valence-electron chi connectivity index (χ0n) is 11.2. The van der Waals surface area contributed by atoms with E-state index in [1.54, 1.807) is 43.3 Å². The lowest BCUT2D eigenvalue weighted by molar-refractivity contribution is 0.102. The van der Waals surface area contributed by atoms with Crippen LogP contribution in [0.5, 0.6) is 0 Å². The average molecular weight is 303 g/mol. The molecule has 0 radical (unpaired) electrons. The molecule has 0 fully saturated rings. The molecule has 3 nitrogen and oxygen atoms in total. The summed E-state index contributed by atoms with van der Waals surface area (Å²) in [7, 11) is 0. The van der Waals surface area contributed by atoms with E-state index < -0.39 is 0 Å². The van der Waals surface area contributed by atoms with Gasteiger partial charge in [-0.3, -0.25) is 4.79 Å². The minimum absolute atomic E-state index is 0.328. The van der Waals surface area contributed by atoms with Crippen molar-refractivity contribution in [1.82, 2.24) is 4.98 Å². The Labute approximate surface area is 125 Å². The Morgan fingerprint density at radius 1 is 1.19 bits per heavy atom. The molecule has 0 aliphatic carbocycles. The van der Waals surface area contributed by atoms with Crippen LogP contribution in [0.3, 0.4) is 0 Å². The van der Waals surface area contributed by atoms with E-state index in [0.717, 1.165) is 10.9 Å². The Morgan fingerprint density at radius 3 is 2.76 bits per heavy atom. The molecule has 1 amide bonds. The minimum Gasteiger partial charge on any atom is -0.351 e. The maximum absolute atomic E-state index is 13.5. The number of amides is 1. The normalized spacial score (nSPS) is 10.8. The van der Waals surface area contributed by atoms with Gasteiger partial charge in [0.05, 0.1) is 0 Å². The predicted octanol–water partition coefficient (Wildman–Crippen LogP) is 4.52. The van der Waals surface area contributed by atoms with Crippen LogP contribution in [0.15, 0.2) is 42.5 Å².